The van der Waals surface area contributed by atoms with Gasteiger partial charge in [-0.15, -0.1) is 0 Å². The molecule has 78 heavy (non-hydrogen) atoms. The molecule has 0 saturated heterocycles. The second-order valence-electron chi connectivity index (χ2n) is 25.1. The molecule has 0 aliphatic carbocycles. The highest BCUT2D eigenvalue weighted by molar-refractivity contribution is 7.45. The van der Waals surface area contributed by atoms with E-state index in [4.69, 9.17) is 13.8 Å². The molecule has 0 aliphatic rings. The Morgan fingerprint density at radius 3 is 1.05 bits per heavy atom. The first kappa shape index (κ1) is 76.8. The molecule has 0 rings (SSSR count). The van der Waals surface area contributed by atoms with Crippen molar-refractivity contribution in [1.82, 2.24) is 5.32 Å². The average molecular weight is 1120 g/mol. The SMILES string of the molecule is CCCCCCCCCCCC/C=C\C(OC(=O)CCCCCCCCCCCCCCCCCCCCCCCCCCCCC)C(COP(=O)([O-])OCC[N+](C)(C)C)NC(=O)CCCCCCCCCCCCCCC. The van der Waals surface area contributed by atoms with Gasteiger partial charge in [-0.25, -0.2) is 0 Å². The van der Waals surface area contributed by atoms with E-state index >= 15 is 0 Å². The van der Waals surface area contributed by atoms with E-state index in [-0.39, 0.29) is 31.5 Å². The van der Waals surface area contributed by atoms with Crippen molar-refractivity contribution in [2.24, 2.45) is 0 Å². The number of phosphoric acid groups is 1. The fourth-order valence-electron chi connectivity index (χ4n) is 10.6. The van der Waals surface area contributed by atoms with Gasteiger partial charge in [-0.2, -0.15) is 0 Å². The minimum atomic E-state index is -4.69. The van der Waals surface area contributed by atoms with E-state index in [2.05, 4.69) is 26.1 Å². The molecule has 464 valence electrons. The van der Waals surface area contributed by atoms with E-state index in [1.54, 1.807) is 0 Å². The van der Waals surface area contributed by atoms with Crippen molar-refractivity contribution < 1.29 is 37.3 Å². The average Bonchev–Trinajstić information content (AvgIpc) is 3.40. The summed E-state index contributed by atoms with van der Waals surface area (Å²) in [5.41, 5.74) is 0. The van der Waals surface area contributed by atoms with Crippen molar-refractivity contribution in [2.45, 2.75) is 373 Å². The predicted molar refractivity (Wildman–Crippen MR) is 335 cm³/mol. The molecular weight excluding hydrogens is 988 g/mol. The van der Waals surface area contributed by atoms with E-state index in [1.165, 1.54) is 270 Å². The van der Waals surface area contributed by atoms with Crippen molar-refractivity contribution >= 4 is 19.7 Å². The Labute approximate surface area is 486 Å². The number of amides is 1. The van der Waals surface area contributed by atoms with Crippen molar-refractivity contribution in [3.8, 4) is 0 Å². The third kappa shape index (κ3) is 59.4. The number of phosphoric ester groups is 1. The zero-order chi connectivity index (χ0) is 57.2. The van der Waals surface area contributed by atoms with Gasteiger partial charge in [0.2, 0.25) is 5.91 Å². The number of esters is 1. The third-order valence-electron chi connectivity index (χ3n) is 16.0. The molecule has 3 atom stereocenters. The fraction of sp³-hybridized carbons (Fsp3) is 0.941. The Kier molecular flexibility index (Phi) is 58.0. The van der Waals surface area contributed by atoms with Crippen LogP contribution in [0.4, 0.5) is 0 Å². The number of carbonyl (C=O) groups excluding carboxylic acids is 2. The molecule has 0 aliphatic heterocycles. The molecule has 10 heteroatoms. The Morgan fingerprint density at radius 1 is 0.436 bits per heavy atom. The van der Waals surface area contributed by atoms with Crippen LogP contribution in [0.2, 0.25) is 0 Å². The lowest BCUT2D eigenvalue weighted by Crippen LogP contribution is -2.47. The van der Waals surface area contributed by atoms with Crippen LogP contribution in [-0.4, -0.2) is 69.4 Å². The van der Waals surface area contributed by atoms with Crippen LogP contribution in [0.1, 0.15) is 361 Å². The topological polar surface area (TPSA) is 114 Å². The van der Waals surface area contributed by atoms with Crippen LogP contribution in [0.25, 0.3) is 0 Å². The molecule has 0 aromatic carbocycles. The van der Waals surface area contributed by atoms with Crippen LogP contribution >= 0.6 is 7.82 Å². The highest BCUT2D eigenvalue weighted by atomic mass is 31.2. The van der Waals surface area contributed by atoms with Gasteiger partial charge in [-0.3, -0.25) is 14.2 Å². The van der Waals surface area contributed by atoms with E-state index in [0.717, 1.165) is 57.8 Å². The summed E-state index contributed by atoms with van der Waals surface area (Å²) in [6, 6.07) is -0.879. The highest BCUT2D eigenvalue weighted by Crippen LogP contribution is 2.38. The molecule has 0 fully saturated rings. The zero-order valence-electron chi connectivity index (χ0n) is 53.2. The number of rotatable bonds is 64. The summed E-state index contributed by atoms with van der Waals surface area (Å²) >= 11 is 0. The molecule has 0 saturated carbocycles. The summed E-state index contributed by atoms with van der Waals surface area (Å²) in [7, 11) is 1.21. The largest absolute Gasteiger partial charge is 0.756 e. The second-order valence-corrected chi connectivity index (χ2v) is 26.5. The first-order chi connectivity index (χ1) is 37.9. The van der Waals surface area contributed by atoms with Crippen molar-refractivity contribution in [3.05, 3.63) is 12.2 Å². The summed E-state index contributed by atoms with van der Waals surface area (Å²) in [4.78, 5) is 40.0. The minimum absolute atomic E-state index is 0.0167. The Morgan fingerprint density at radius 2 is 0.731 bits per heavy atom. The fourth-order valence-corrected chi connectivity index (χ4v) is 11.4. The van der Waals surface area contributed by atoms with Gasteiger partial charge in [0.05, 0.1) is 33.8 Å². The normalized spacial score (nSPS) is 13.6. The molecule has 0 heterocycles. The van der Waals surface area contributed by atoms with Gasteiger partial charge < -0.3 is 28.5 Å². The van der Waals surface area contributed by atoms with Gasteiger partial charge in [0.15, 0.2) is 0 Å². The summed E-state index contributed by atoms with van der Waals surface area (Å²) in [6.07, 6.45) is 69.2. The summed E-state index contributed by atoms with van der Waals surface area (Å²) in [6.45, 7) is 6.90. The second kappa shape index (κ2) is 58.9. The number of unbranched alkanes of at least 4 members (excludes halogenated alkanes) is 48. The molecule has 1 N–H and O–H groups in total. The number of carbonyl (C=O) groups is 2. The number of ether oxygens (including phenoxy) is 1. The third-order valence-corrected chi connectivity index (χ3v) is 16.9. The van der Waals surface area contributed by atoms with Gasteiger partial charge in [-0.1, -0.05) is 329 Å². The lowest BCUT2D eigenvalue weighted by atomic mass is 10.0. The molecule has 3 unspecified atom stereocenters. The number of hydrogen-bond donors (Lipinski definition) is 1. The van der Waals surface area contributed by atoms with Crippen LogP contribution in [0.15, 0.2) is 12.2 Å². The molecule has 1 amide bonds. The van der Waals surface area contributed by atoms with Crippen molar-refractivity contribution in [2.75, 3.05) is 40.9 Å². The Bertz CT molecular complexity index is 1340. The van der Waals surface area contributed by atoms with E-state index < -0.39 is 20.0 Å². The van der Waals surface area contributed by atoms with Gasteiger partial charge in [0.1, 0.15) is 19.3 Å². The molecular formula is C68H135N2O7P. The molecule has 0 spiro atoms. The minimum Gasteiger partial charge on any atom is -0.756 e. The number of quaternary nitrogens is 1. The van der Waals surface area contributed by atoms with Gasteiger partial charge in [0, 0.05) is 12.8 Å². The Hall–Kier alpha value is -1.25. The first-order valence-electron chi connectivity index (χ1n) is 34.5. The highest BCUT2D eigenvalue weighted by Gasteiger charge is 2.27. The summed E-state index contributed by atoms with van der Waals surface area (Å²) < 4.78 is 30.4. The van der Waals surface area contributed by atoms with Crippen LogP contribution in [0.5, 0.6) is 0 Å². The van der Waals surface area contributed by atoms with Crippen LogP contribution in [0.3, 0.4) is 0 Å². The maximum atomic E-state index is 13.5. The number of nitrogens with zero attached hydrogens (tertiary/aromatic N) is 1. The summed E-state index contributed by atoms with van der Waals surface area (Å²) in [5, 5.41) is 3.04. The zero-order valence-corrected chi connectivity index (χ0v) is 54.1. The van der Waals surface area contributed by atoms with E-state index in [1.807, 2.05) is 33.3 Å². The number of allylic oxidation sites excluding steroid dienone is 1. The summed E-state index contributed by atoms with van der Waals surface area (Å²) in [5.74, 6) is -0.517. The lowest BCUT2D eigenvalue weighted by molar-refractivity contribution is -0.870. The first-order valence-corrected chi connectivity index (χ1v) is 36.0. The molecule has 0 aromatic heterocycles. The maximum Gasteiger partial charge on any atom is 0.306 e. The van der Waals surface area contributed by atoms with Crippen LogP contribution < -0.4 is 10.2 Å². The van der Waals surface area contributed by atoms with E-state index in [9.17, 15) is 19.0 Å². The van der Waals surface area contributed by atoms with Gasteiger partial charge in [0.25, 0.3) is 7.82 Å². The predicted octanol–water partition coefficient (Wildman–Crippen LogP) is 20.9. The number of nitrogens with one attached hydrogen (secondary N) is 1. The monoisotopic (exact) mass is 1120 g/mol. The van der Waals surface area contributed by atoms with Crippen LogP contribution in [-0.2, 0) is 27.9 Å². The van der Waals surface area contributed by atoms with Gasteiger partial charge in [-0.05, 0) is 31.8 Å². The standard InChI is InChI=1S/C68H135N2O7P/c1-7-10-13-16-19-22-25-28-29-30-31-32-33-34-35-36-37-38-39-40-41-43-46-49-52-55-58-61-68(72)77-66(59-56-53-50-47-44-27-24-21-18-15-12-9-3)65(64-76-78(73,74)75-63-62-70(4,5)6)69-67(71)60-57-54-51-48-45-42-26-23-20-17-14-11-8-2/h56,59,65-66H,7-55,57-58,60-64H2,1-6H3,(H-,69,71,73,74)/b59-56-. The molecule has 9 nitrogen and oxygen atoms in total. The maximum absolute atomic E-state index is 13.5. The number of hydrogen-bond acceptors (Lipinski definition) is 7. The van der Waals surface area contributed by atoms with Crippen LogP contribution in [0, 0.1) is 0 Å². The lowest BCUT2D eigenvalue weighted by Gasteiger charge is -2.30. The smallest absolute Gasteiger partial charge is 0.306 e. The molecule has 0 aromatic rings. The Balaban J connectivity index is 4.92. The number of likely N-dealkylation sites (N-methyl/N-ethyl adjacent to an activating group) is 1. The van der Waals surface area contributed by atoms with Crippen molar-refractivity contribution in [1.29, 1.82) is 0 Å². The quantitative estimate of drug-likeness (QED) is 0.0212. The molecule has 0 bridgehead atoms. The molecule has 0 radical (unpaired) electrons. The van der Waals surface area contributed by atoms with E-state index in [0.29, 0.717) is 17.4 Å². The van der Waals surface area contributed by atoms with Gasteiger partial charge >= 0.3 is 5.97 Å². The van der Waals surface area contributed by atoms with Crippen molar-refractivity contribution in [3.63, 3.8) is 0 Å².